The van der Waals surface area contributed by atoms with Crippen LogP contribution in [0.5, 0.6) is 0 Å². The number of anilines is 1. The van der Waals surface area contributed by atoms with Gasteiger partial charge < -0.3 is 10.0 Å². The molecule has 1 N–H and O–H groups in total. The zero-order valence-electron chi connectivity index (χ0n) is 10.0. The van der Waals surface area contributed by atoms with E-state index < -0.39 is 5.97 Å². The van der Waals surface area contributed by atoms with Crippen molar-refractivity contribution in [3.8, 4) is 0 Å². The van der Waals surface area contributed by atoms with E-state index in [1.807, 2.05) is 6.92 Å². The minimum atomic E-state index is -0.755. The Kier molecular flexibility index (Phi) is 5.46. The van der Waals surface area contributed by atoms with E-state index in [-0.39, 0.29) is 12.2 Å². The number of nitrogens with zero attached hydrogens (tertiary/aromatic N) is 1. The minimum Gasteiger partial charge on any atom is -0.481 e. The fraction of sp³-hybridized carbons (Fsp3) is 0.462. The van der Waals surface area contributed by atoms with Crippen molar-refractivity contribution in [3.05, 3.63) is 30.1 Å². The molecule has 0 amide bonds. The molecule has 0 saturated carbocycles. The third kappa shape index (κ3) is 4.85. The van der Waals surface area contributed by atoms with Crippen LogP contribution in [0, 0.1) is 5.82 Å². The van der Waals surface area contributed by atoms with Gasteiger partial charge in [-0.3, -0.25) is 4.79 Å². The molecule has 0 radical (unpaired) electrons. The second-order valence-electron chi connectivity index (χ2n) is 3.91. The Morgan fingerprint density at radius 1 is 1.29 bits per heavy atom. The maximum atomic E-state index is 12.8. The molecule has 0 unspecified atom stereocenters. The van der Waals surface area contributed by atoms with Gasteiger partial charge in [-0.1, -0.05) is 0 Å². The molecule has 0 aliphatic heterocycles. The van der Waals surface area contributed by atoms with Crippen molar-refractivity contribution in [3.63, 3.8) is 0 Å². The van der Waals surface area contributed by atoms with Crippen molar-refractivity contribution >= 4 is 11.7 Å². The lowest BCUT2D eigenvalue weighted by Crippen LogP contribution is -2.23. The number of rotatable bonds is 7. The molecule has 1 aromatic carbocycles. The van der Waals surface area contributed by atoms with E-state index in [0.29, 0.717) is 6.42 Å². The molecule has 0 aliphatic carbocycles. The maximum Gasteiger partial charge on any atom is 0.303 e. The van der Waals surface area contributed by atoms with Crippen LogP contribution in [0.25, 0.3) is 0 Å². The lowest BCUT2D eigenvalue weighted by atomic mass is 10.2. The second-order valence-corrected chi connectivity index (χ2v) is 3.91. The van der Waals surface area contributed by atoms with Crippen molar-refractivity contribution < 1.29 is 14.3 Å². The Labute approximate surface area is 101 Å². The van der Waals surface area contributed by atoms with Crippen LogP contribution < -0.4 is 4.90 Å². The van der Waals surface area contributed by atoms with E-state index in [4.69, 9.17) is 5.11 Å². The standard InChI is InChI=1S/C13H18FNO2/c1-2-15(10-4-3-5-13(16)17)12-8-6-11(14)7-9-12/h6-9H,2-5,10H2,1H3,(H,16,17). The van der Waals surface area contributed by atoms with Crippen LogP contribution in [-0.2, 0) is 4.79 Å². The summed E-state index contributed by atoms with van der Waals surface area (Å²) in [5.41, 5.74) is 0.976. The van der Waals surface area contributed by atoms with Crippen LogP contribution in [0.2, 0.25) is 0 Å². The number of benzene rings is 1. The van der Waals surface area contributed by atoms with Gasteiger partial charge in [0.15, 0.2) is 0 Å². The molecule has 1 aromatic rings. The fourth-order valence-electron chi connectivity index (χ4n) is 1.70. The lowest BCUT2D eigenvalue weighted by molar-refractivity contribution is -0.137. The quantitative estimate of drug-likeness (QED) is 0.744. The molecule has 17 heavy (non-hydrogen) atoms. The predicted molar refractivity (Wildman–Crippen MR) is 65.8 cm³/mol. The first-order valence-electron chi connectivity index (χ1n) is 5.85. The summed E-state index contributed by atoms with van der Waals surface area (Å²) in [6.07, 6.45) is 1.71. The Balaban J connectivity index is 2.43. The highest BCUT2D eigenvalue weighted by atomic mass is 19.1. The third-order valence-corrected chi connectivity index (χ3v) is 2.64. The SMILES string of the molecule is CCN(CCCCC(=O)O)c1ccc(F)cc1. The monoisotopic (exact) mass is 239 g/mol. The van der Waals surface area contributed by atoms with Crippen LogP contribution in [-0.4, -0.2) is 24.2 Å². The van der Waals surface area contributed by atoms with Gasteiger partial charge in [-0.05, 0) is 44.0 Å². The fourth-order valence-corrected chi connectivity index (χ4v) is 1.70. The van der Waals surface area contributed by atoms with E-state index in [1.165, 1.54) is 12.1 Å². The van der Waals surface area contributed by atoms with Gasteiger partial charge >= 0.3 is 5.97 Å². The molecule has 0 spiro atoms. The number of halogens is 1. The first-order valence-corrected chi connectivity index (χ1v) is 5.85. The van der Waals surface area contributed by atoms with Crippen LogP contribution in [0.3, 0.4) is 0 Å². The van der Waals surface area contributed by atoms with Crippen molar-refractivity contribution in [1.82, 2.24) is 0 Å². The minimum absolute atomic E-state index is 0.209. The average molecular weight is 239 g/mol. The summed E-state index contributed by atoms with van der Waals surface area (Å²) >= 11 is 0. The Bertz CT molecular complexity index is 351. The molecule has 94 valence electrons. The summed E-state index contributed by atoms with van der Waals surface area (Å²) in [6, 6.07) is 6.37. The molecule has 0 fully saturated rings. The van der Waals surface area contributed by atoms with Crippen molar-refractivity contribution in [2.24, 2.45) is 0 Å². The number of hydrogen-bond donors (Lipinski definition) is 1. The van der Waals surface area contributed by atoms with Gasteiger partial charge in [0.25, 0.3) is 0 Å². The highest BCUT2D eigenvalue weighted by Crippen LogP contribution is 2.15. The molecule has 0 heterocycles. The molecule has 0 atom stereocenters. The van der Waals surface area contributed by atoms with Crippen molar-refractivity contribution in [1.29, 1.82) is 0 Å². The van der Waals surface area contributed by atoms with E-state index in [9.17, 15) is 9.18 Å². The highest BCUT2D eigenvalue weighted by molar-refractivity contribution is 5.66. The molecule has 0 bridgehead atoms. The predicted octanol–water partition coefficient (Wildman–Crippen LogP) is 2.91. The number of aliphatic carboxylic acids is 1. The molecular weight excluding hydrogens is 221 g/mol. The normalized spacial score (nSPS) is 10.2. The Morgan fingerprint density at radius 3 is 2.47 bits per heavy atom. The van der Waals surface area contributed by atoms with E-state index in [1.54, 1.807) is 12.1 Å². The lowest BCUT2D eigenvalue weighted by Gasteiger charge is -2.22. The third-order valence-electron chi connectivity index (χ3n) is 2.64. The average Bonchev–Trinajstić information content (AvgIpc) is 2.30. The summed E-state index contributed by atoms with van der Waals surface area (Å²) in [5, 5.41) is 8.53. The van der Waals surface area contributed by atoms with Gasteiger partial charge in [-0.25, -0.2) is 4.39 Å². The van der Waals surface area contributed by atoms with Gasteiger partial charge in [0.2, 0.25) is 0 Å². The molecule has 3 nitrogen and oxygen atoms in total. The topological polar surface area (TPSA) is 40.5 Å². The molecule has 0 aliphatic rings. The summed E-state index contributed by atoms with van der Waals surface area (Å²) in [7, 11) is 0. The van der Waals surface area contributed by atoms with E-state index in [2.05, 4.69) is 4.90 Å². The molecule has 4 heteroatoms. The van der Waals surface area contributed by atoms with Crippen LogP contribution >= 0.6 is 0 Å². The van der Waals surface area contributed by atoms with Gasteiger partial charge in [0, 0.05) is 25.2 Å². The number of carboxylic acid groups (broad SMARTS) is 1. The molecule has 1 rings (SSSR count). The van der Waals surface area contributed by atoms with Crippen molar-refractivity contribution in [2.45, 2.75) is 26.2 Å². The van der Waals surface area contributed by atoms with E-state index >= 15 is 0 Å². The smallest absolute Gasteiger partial charge is 0.303 e. The van der Waals surface area contributed by atoms with Gasteiger partial charge in [-0.15, -0.1) is 0 Å². The maximum absolute atomic E-state index is 12.8. The summed E-state index contributed by atoms with van der Waals surface area (Å²) < 4.78 is 12.8. The molecule has 0 saturated heterocycles. The van der Waals surface area contributed by atoms with Crippen LogP contribution in [0.4, 0.5) is 10.1 Å². The number of hydrogen-bond acceptors (Lipinski definition) is 2. The summed E-state index contributed by atoms with van der Waals surface area (Å²) in [6.45, 7) is 3.66. The van der Waals surface area contributed by atoms with Gasteiger partial charge in [-0.2, -0.15) is 0 Å². The summed E-state index contributed by atoms with van der Waals surface area (Å²) in [4.78, 5) is 12.5. The number of carboxylic acids is 1. The highest BCUT2D eigenvalue weighted by Gasteiger charge is 2.04. The van der Waals surface area contributed by atoms with Crippen LogP contribution in [0.1, 0.15) is 26.2 Å². The first-order chi connectivity index (χ1) is 8.13. The number of carbonyl (C=O) groups is 1. The zero-order chi connectivity index (χ0) is 12.7. The molecule has 0 aromatic heterocycles. The second kappa shape index (κ2) is 6.89. The Hall–Kier alpha value is -1.58. The zero-order valence-corrected chi connectivity index (χ0v) is 10.0. The van der Waals surface area contributed by atoms with Gasteiger partial charge in [0.1, 0.15) is 5.82 Å². The first kappa shape index (κ1) is 13.5. The molecular formula is C13H18FNO2. The Morgan fingerprint density at radius 2 is 1.94 bits per heavy atom. The number of unbranched alkanes of at least 4 members (excludes halogenated alkanes) is 1. The van der Waals surface area contributed by atoms with Crippen molar-refractivity contribution in [2.75, 3.05) is 18.0 Å². The van der Waals surface area contributed by atoms with Gasteiger partial charge in [0.05, 0.1) is 0 Å². The largest absolute Gasteiger partial charge is 0.481 e. The summed E-state index contributed by atoms with van der Waals surface area (Å²) in [5.74, 6) is -0.995. The van der Waals surface area contributed by atoms with E-state index in [0.717, 1.165) is 25.2 Å². The van der Waals surface area contributed by atoms with Crippen LogP contribution in [0.15, 0.2) is 24.3 Å².